The standard InChI is InChI=1S/C26H24ClNO5S.Na/c1-34-24-5-3-2-4-16(24)10-12-28-25(29)17-6-8-18(9-7-17)33-23-15-22-20(14-21(23)27)19(26(30)31)11-13-32-22;/h2-9,14-15,19H,10-13H2,1H3,(H,28,29)(H,30,31);/q;+1/p-1. The van der Waals surface area contributed by atoms with E-state index in [1.807, 2.05) is 18.4 Å². The summed E-state index contributed by atoms with van der Waals surface area (Å²) in [6, 6.07) is 18.0. The molecule has 1 amide bonds. The van der Waals surface area contributed by atoms with Crippen molar-refractivity contribution in [3.05, 3.63) is 82.4 Å². The van der Waals surface area contributed by atoms with Gasteiger partial charge in [-0.3, -0.25) is 4.79 Å². The van der Waals surface area contributed by atoms with Gasteiger partial charge >= 0.3 is 29.6 Å². The Morgan fingerprint density at radius 1 is 1.17 bits per heavy atom. The summed E-state index contributed by atoms with van der Waals surface area (Å²) < 4.78 is 11.4. The maximum absolute atomic E-state index is 12.5. The number of fused-ring (bicyclic) bond motifs is 1. The van der Waals surface area contributed by atoms with Crippen molar-refractivity contribution >= 4 is 35.2 Å². The Bertz CT molecular complexity index is 1200. The molecule has 1 N–H and O–H groups in total. The van der Waals surface area contributed by atoms with Crippen LogP contribution in [0.4, 0.5) is 0 Å². The van der Waals surface area contributed by atoms with Crippen LogP contribution < -0.4 is 49.5 Å². The Balaban J connectivity index is 0.00000342. The Morgan fingerprint density at radius 2 is 1.91 bits per heavy atom. The Morgan fingerprint density at radius 3 is 2.63 bits per heavy atom. The number of aliphatic carboxylic acids is 1. The van der Waals surface area contributed by atoms with Gasteiger partial charge in [-0.2, -0.15) is 0 Å². The summed E-state index contributed by atoms with van der Waals surface area (Å²) >= 11 is 8.02. The normalized spacial score (nSPS) is 14.2. The van der Waals surface area contributed by atoms with Crippen molar-refractivity contribution < 1.29 is 53.7 Å². The molecular formula is C26H23ClNNaO5S. The van der Waals surface area contributed by atoms with E-state index in [1.165, 1.54) is 10.5 Å². The zero-order valence-electron chi connectivity index (χ0n) is 19.5. The zero-order valence-corrected chi connectivity index (χ0v) is 23.1. The second-order valence-corrected chi connectivity index (χ2v) is 9.03. The van der Waals surface area contributed by atoms with Gasteiger partial charge in [-0.05, 0) is 61.1 Å². The molecule has 1 aliphatic rings. The third-order valence-corrected chi connectivity index (χ3v) is 6.74. The van der Waals surface area contributed by atoms with E-state index in [0.717, 1.165) is 6.42 Å². The summed E-state index contributed by atoms with van der Waals surface area (Å²) in [6.45, 7) is 0.811. The Labute approximate surface area is 235 Å². The molecule has 0 spiro atoms. The van der Waals surface area contributed by atoms with Crippen molar-refractivity contribution in [1.29, 1.82) is 0 Å². The molecule has 3 aromatic carbocycles. The van der Waals surface area contributed by atoms with Gasteiger partial charge in [-0.25, -0.2) is 0 Å². The minimum absolute atomic E-state index is 0. The number of carbonyl (C=O) groups is 2. The molecule has 9 heteroatoms. The van der Waals surface area contributed by atoms with Crippen LogP contribution in [-0.2, 0) is 11.2 Å². The first-order valence-electron chi connectivity index (χ1n) is 10.8. The molecule has 1 heterocycles. The molecule has 35 heavy (non-hydrogen) atoms. The number of carboxylic acid groups (broad SMARTS) is 1. The van der Waals surface area contributed by atoms with E-state index in [9.17, 15) is 14.7 Å². The number of carboxylic acids is 1. The van der Waals surface area contributed by atoms with Crippen LogP contribution in [0.2, 0.25) is 5.02 Å². The van der Waals surface area contributed by atoms with Crippen molar-refractivity contribution in [3.63, 3.8) is 0 Å². The number of rotatable bonds is 8. The molecule has 0 fully saturated rings. The maximum Gasteiger partial charge on any atom is 1.00 e. The number of halogens is 1. The molecule has 1 aliphatic heterocycles. The maximum atomic E-state index is 12.5. The van der Waals surface area contributed by atoms with E-state index in [-0.39, 0.29) is 47.1 Å². The predicted molar refractivity (Wildman–Crippen MR) is 130 cm³/mol. The molecule has 0 saturated carbocycles. The number of carbonyl (C=O) groups excluding carboxylic acids is 2. The molecule has 176 valence electrons. The van der Waals surface area contributed by atoms with Crippen molar-refractivity contribution in [2.45, 2.75) is 23.7 Å². The Kier molecular flexibility index (Phi) is 9.95. The van der Waals surface area contributed by atoms with Gasteiger partial charge in [0, 0.05) is 40.5 Å². The fourth-order valence-corrected chi connectivity index (χ4v) is 4.69. The predicted octanol–water partition coefficient (Wildman–Crippen LogP) is 1.45. The Hall–Kier alpha value is -2.16. The number of amides is 1. The molecule has 0 aliphatic carbocycles. The van der Waals surface area contributed by atoms with Crippen LogP contribution >= 0.6 is 23.4 Å². The van der Waals surface area contributed by atoms with E-state index >= 15 is 0 Å². The first kappa shape index (κ1) is 27.4. The molecule has 0 aromatic heterocycles. The molecule has 3 aromatic rings. The summed E-state index contributed by atoms with van der Waals surface area (Å²) in [5.74, 6) is -0.844. The van der Waals surface area contributed by atoms with E-state index in [2.05, 4.69) is 17.4 Å². The smallest absolute Gasteiger partial charge is 0.549 e. The average molecular weight is 520 g/mol. The van der Waals surface area contributed by atoms with Crippen LogP contribution in [-0.4, -0.2) is 31.3 Å². The summed E-state index contributed by atoms with van der Waals surface area (Å²) in [5.41, 5.74) is 2.20. The van der Waals surface area contributed by atoms with Gasteiger partial charge in [-0.15, -0.1) is 11.8 Å². The fourth-order valence-electron chi connectivity index (χ4n) is 3.84. The van der Waals surface area contributed by atoms with Crippen LogP contribution in [0.3, 0.4) is 0 Å². The molecule has 0 radical (unpaired) electrons. The van der Waals surface area contributed by atoms with Gasteiger partial charge in [0.15, 0.2) is 0 Å². The molecule has 4 rings (SSSR count). The minimum atomic E-state index is -1.16. The number of thioether (sulfide) groups is 1. The SMILES string of the molecule is CSc1ccccc1CCNC(=O)c1ccc(Oc2cc3c(cc2Cl)C(C(=O)[O-])CCO3)cc1.[Na+]. The van der Waals surface area contributed by atoms with Gasteiger partial charge in [0.2, 0.25) is 0 Å². The quantitative estimate of drug-likeness (QED) is 0.358. The molecule has 0 bridgehead atoms. The third kappa shape index (κ3) is 6.74. The van der Waals surface area contributed by atoms with Gasteiger partial charge in [0.05, 0.1) is 11.6 Å². The summed E-state index contributed by atoms with van der Waals surface area (Å²) in [5, 5.41) is 14.6. The average Bonchev–Trinajstić information content (AvgIpc) is 2.84. The molecule has 0 saturated heterocycles. The molecular weight excluding hydrogens is 497 g/mol. The minimum Gasteiger partial charge on any atom is -0.549 e. The molecule has 6 nitrogen and oxygen atoms in total. The third-order valence-electron chi connectivity index (χ3n) is 5.61. The first-order chi connectivity index (χ1) is 16.5. The topological polar surface area (TPSA) is 87.7 Å². The van der Waals surface area contributed by atoms with Crippen LogP contribution in [0.1, 0.15) is 33.8 Å². The number of hydrogen-bond donors (Lipinski definition) is 1. The molecule has 1 atom stereocenters. The number of ether oxygens (including phenoxy) is 2. The summed E-state index contributed by atoms with van der Waals surface area (Å²) in [6.07, 6.45) is 3.12. The van der Waals surface area contributed by atoms with Crippen LogP contribution in [0.25, 0.3) is 0 Å². The van der Waals surface area contributed by atoms with E-state index in [4.69, 9.17) is 21.1 Å². The number of hydrogen-bond acceptors (Lipinski definition) is 6. The largest absolute Gasteiger partial charge is 1.00 e. The fraction of sp³-hybridized carbons (Fsp3) is 0.231. The summed E-state index contributed by atoms with van der Waals surface area (Å²) in [4.78, 5) is 25.1. The number of benzene rings is 3. The van der Waals surface area contributed by atoms with Crippen LogP contribution in [0.5, 0.6) is 17.2 Å². The second kappa shape index (κ2) is 12.7. The number of nitrogens with one attached hydrogen (secondary N) is 1. The van der Waals surface area contributed by atoms with Crippen molar-refractivity contribution in [1.82, 2.24) is 5.32 Å². The van der Waals surface area contributed by atoms with Crippen LogP contribution in [0.15, 0.2) is 65.6 Å². The first-order valence-corrected chi connectivity index (χ1v) is 12.4. The van der Waals surface area contributed by atoms with Gasteiger partial charge in [0.25, 0.3) is 5.91 Å². The molecule has 1 unspecified atom stereocenters. The van der Waals surface area contributed by atoms with Crippen LogP contribution in [0, 0.1) is 0 Å². The van der Waals surface area contributed by atoms with Crippen molar-refractivity contribution in [2.24, 2.45) is 0 Å². The second-order valence-electron chi connectivity index (χ2n) is 7.77. The van der Waals surface area contributed by atoms with E-state index in [0.29, 0.717) is 41.3 Å². The van der Waals surface area contributed by atoms with E-state index < -0.39 is 11.9 Å². The van der Waals surface area contributed by atoms with Gasteiger partial charge in [0.1, 0.15) is 17.2 Å². The summed E-state index contributed by atoms with van der Waals surface area (Å²) in [7, 11) is 0. The zero-order chi connectivity index (χ0) is 24.1. The van der Waals surface area contributed by atoms with Gasteiger partial charge < -0.3 is 24.7 Å². The van der Waals surface area contributed by atoms with Crippen molar-refractivity contribution in [2.75, 3.05) is 19.4 Å². The monoisotopic (exact) mass is 519 g/mol. The van der Waals surface area contributed by atoms with Gasteiger partial charge in [-0.1, -0.05) is 29.8 Å². The van der Waals surface area contributed by atoms with Crippen molar-refractivity contribution in [3.8, 4) is 17.2 Å². The van der Waals surface area contributed by atoms with E-state index in [1.54, 1.807) is 48.2 Å².